The van der Waals surface area contributed by atoms with E-state index in [1.54, 1.807) is 0 Å². The lowest BCUT2D eigenvalue weighted by Gasteiger charge is -2.24. The second-order valence-electron chi connectivity index (χ2n) is 5.24. The molecule has 1 aliphatic rings. The lowest BCUT2D eigenvalue weighted by Crippen LogP contribution is -2.41. The third-order valence-corrected chi connectivity index (χ3v) is 4.85. The number of carbonyl (C=O) groups is 1. The van der Waals surface area contributed by atoms with Crippen LogP contribution >= 0.6 is 0 Å². The summed E-state index contributed by atoms with van der Waals surface area (Å²) in [7, 11) is -2.74. The molecule has 1 aromatic rings. The predicted molar refractivity (Wildman–Crippen MR) is 85.6 cm³/mol. The quantitative estimate of drug-likeness (QED) is 0.905. The van der Waals surface area contributed by atoms with Crippen LogP contribution in [0.1, 0.15) is 25.8 Å². The second-order valence-corrected chi connectivity index (χ2v) is 6.87. The predicted octanol–water partition coefficient (Wildman–Crippen LogP) is 1.60. The Balaban J connectivity index is 2.43. The van der Waals surface area contributed by atoms with Crippen LogP contribution in [0.2, 0.25) is 0 Å². The van der Waals surface area contributed by atoms with Gasteiger partial charge in [0.2, 0.25) is 0 Å². The number of carbonyl (C=O) groups excluding carboxylic acids is 1. The highest BCUT2D eigenvalue weighted by molar-refractivity contribution is 7.88. The van der Waals surface area contributed by atoms with E-state index in [4.69, 9.17) is 0 Å². The monoisotopic (exact) mass is 339 g/mol. The summed E-state index contributed by atoms with van der Waals surface area (Å²) >= 11 is 0. The molecular weight excluding hydrogens is 321 g/mol. The smallest absolute Gasteiger partial charge is 0.345 e. The fraction of sp³-hybridized carbons (Fsp3) is 0.333. The number of rotatable bonds is 4. The van der Waals surface area contributed by atoms with Gasteiger partial charge in [0.1, 0.15) is 11.5 Å². The van der Waals surface area contributed by atoms with Gasteiger partial charge in [-0.2, -0.15) is 8.42 Å². The van der Waals surface area contributed by atoms with Gasteiger partial charge in [-0.05, 0) is 43.7 Å². The number of nitrogens with zero attached hydrogens (tertiary/aromatic N) is 2. The van der Waals surface area contributed by atoms with E-state index in [0.29, 0.717) is 12.0 Å². The highest BCUT2D eigenvalue weighted by atomic mass is 32.2. The molecule has 0 fully saturated rings. The van der Waals surface area contributed by atoms with Gasteiger partial charge in [-0.25, -0.2) is 8.70 Å². The standard InChI is InChI=1S/C15H18FN3O3S/c1-4-10(2)17-15(20)14-9-13(18-23(21,22)19(14)3)11-5-7-12(16)8-6-11/h5-10H,4H2,1-3H3,(H,17,20)/t10-/m1/s1. The minimum absolute atomic E-state index is 0.0281. The molecule has 0 saturated heterocycles. The highest BCUT2D eigenvalue weighted by Gasteiger charge is 2.30. The van der Waals surface area contributed by atoms with E-state index in [1.807, 2.05) is 13.8 Å². The molecule has 6 nitrogen and oxygen atoms in total. The molecule has 0 spiro atoms. The van der Waals surface area contributed by atoms with Crippen LogP contribution in [0.25, 0.3) is 0 Å². The molecule has 0 saturated carbocycles. The maximum atomic E-state index is 13.0. The van der Waals surface area contributed by atoms with Crippen LogP contribution in [0.4, 0.5) is 4.39 Å². The molecule has 0 radical (unpaired) electrons. The Labute approximate surface area is 134 Å². The zero-order valence-corrected chi connectivity index (χ0v) is 13.9. The average Bonchev–Trinajstić information content (AvgIpc) is 2.50. The number of benzene rings is 1. The van der Waals surface area contributed by atoms with Crippen LogP contribution in [0.5, 0.6) is 0 Å². The highest BCUT2D eigenvalue weighted by Crippen LogP contribution is 2.20. The van der Waals surface area contributed by atoms with Crippen molar-refractivity contribution in [3.05, 3.63) is 47.4 Å². The number of allylic oxidation sites excluding steroid dienone is 1. The fourth-order valence-electron chi connectivity index (χ4n) is 1.92. The van der Waals surface area contributed by atoms with Crippen molar-refractivity contribution in [1.82, 2.24) is 9.62 Å². The number of hydrogen-bond acceptors (Lipinski definition) is 3. The summed E-state index contributed by atoms with van der Waals surface area (Å²) in [5.74, 6) is -0.941. The Morgan fingerprint density at radius 3 is 2.52 bits per heavy atom. The molecule has 0 bridgehead atoms. The third-order valence-electron chi connectivity index (χ3n) is 3.53. The summed E-state index contributed by atoms with van der Waals surface area (Å²) in [5, 5.41) is 2.72. The van der Waals surface area contributed by atoms with Crippen LogP contribution in [0.15, 0.2) is 40.4 Å². The van der Waals surface area contributed by atoms with Crippen LogP contribution in [-0.4, -0.2) is 37.4 Å². The largest absolute Gasteiger partial charge is 0.348 e. The summed E-state index contributed by atoms with van der Waals surface area (Å²) in [6.45, 7) is 3.73. The number of likely N-dealkylation sites (N-methyl/N-ethyl adjacent to an activating group) is 1. The van der Waals surface area contributed by atoms with E-state index in [2.05, 4.69) is 9.71 Å². The van der Waals surface area contributed by atoms with Gasteiger partial charge in [0.25, 0.3) is 5.91 Å². The van der Waals surface area contributed by atoms with E-state index in [-0.39, 0.29) is 17.5 Å². The van der Waals surface area contributed by atoms with E-state index in [9.17, 15) is 17.6 Å². The fourth-order valence-corrected chi connectivity index (χ4v) is 2.83. The maximum Gasteiger partial charge on any atom is 0.345 e. The molecule has 23 heavy (non-hydrogen) atoms. The molecule has 8 heteroatoms. The Bertz CT molecular complexity index is 770. The van der Waals surface area contributed by atoms with E-state index in [0.717, 1.165) is 4.31 Å². The molecule has 0 aliphatic carbocycles. The van der Waals surface area contributed by atoms with Crippen molar-refractivity contribution in [3.8, 4) is 0 Å². The maximum absolute atomic E-state index is 13.0. The van der Waals surface area contributed by atoms with Crippen molar-refractivity contribution < 1.29 is 17.6 Å². The van der Waals surface area contributed by atoms with E-state index < -0.39 is 21.9 Å². The SMILES string of the molecule is CC[C@@H](C)NC(=O)C1=CC(c2ccc(F)cc2)=NS(=O)(=O)N1C. The summed E-state index contributed by atoms with van der Waals surface area (Å²) in [6, 6.07) is 5.14. The van der Waals surface area contributed by atoms with Crippen LogP contribution in [0, 0.1) is 5.82 Å². The molecule has 1 atom stereocenters. The van der Waals surface area contributed by atoms with E-state index in [1.165, 1.54) is 37.4 Å². The van der Waals surface area contributed by atoms with Crippen molar-refractivity contribution in [1.29, 1.82) is 0 Å². The molecule has 1 aliphatic heterocycles. The minimum atomic E-state index is -4.01. The molecule has 1 N–H and O–H groups in total. The molecule has 0 aromatic heterocycles. The Kier molecular flexibility index (Phi) is 4.84. The van der Waals surface area contributed by atoms with Crippen molar-refractivity contribution in [3.63, 3.8) is 0 Å². The third kappa shape index (κ3) is 3.76. The van der Waals surface area contributed by atoms with Crippen molar-refractivity contribution in [2.45, 2.75) is 26.3 Å². The number of amides is 1. The molecule has 124 valence electrons. The van der Waals surface area contributed by atoms with Crippen molar-refractivity contribution in [2.75, 3.05) is 7.05 Å². The van der Waals surface area contributed by atoms with Gasteiger partial charge in [0.15, 0.2) is 0 Å². The molecule has 0 unspecified atom stereocenters. The molecule has 1 heterocycles. The first-order chi connectivity index (χ1) is 10.7. The topological polar surface area (TPSA) is 78.8 Å². The Hall–Kier alpha value is -2.22. The summed E-state index contributed by atoms with van der Waals surface area (Å²) in [4.78, 5) is 12.3. The molecule has 1 amide bonds. The van der Waals surface area contributed by atoms with Gasteiger partial charge < -0.3 is 5.32 Å². The lowest BCUT2D eigenvalue weighted by atomic mass is 10.1. The number of nitrogens with one attached hydrogen (secondary N) is 1. The van der Waals surface area contributed by atoms with Gasteiger partial charge in [-0.3, -0.25) is 4.79 Å². The Morgan fingerprint density at radius 2 is 1.96 bits per heavy atom. The summed E-state index contributed by atoms with van der Waals surface area (Å²) in [6.07, 6.45) is 2.10. The van der Waals surface area contributed by atoms with Crippen LogP contribution < -0.4 is 5.32 Å². The lowest BCUT2D eigenvalue weighted by molar-refractivity contribution is -0.119. The van der Waals surface area contributed by atoms with Crippen molar-refractivity contribution >= 4 is 21.8 Å². The average molecular weight is 339 g/mol. The molecule has 1 aromatic carbocycles. The summed E-state index contributed by atoms with van der Waals surface area (Å²) in [5.41, 5.74) is 0.481. The normalized spacial score (nSPS) is 18.0. The first kappa shape index (κ1) is 17.1. The van der Waals surface area contributed by atoms with Crippen molar-refractivity contribution in [2.24, 2.45) is 4.40 Å². The van der Waals surface area contributed by atoms with Gasteiger partial charge in [-0.15, -0.1) is 4.40 Å². The summed E-state index contributed by atoms with van der Waals surface area (Å²) < 4.78 is 41.8. The second kappa shape index (κ2) is 6.49. The molecule has 2 rings (SSSR count). The van der Waals surface area contributed by atoms with Gasteiger partial charge in [-0.1, -0.05) is 6.92 Å². The van der Waals surface area contributed by atoms with Gasteiger partial charge in [0.05, 0.1) is 5.71 Å². The number of hydrogen-bond donors (Lipinski definition) is 1. The van der Waals surface area contributed by atoms with E-state index >= 15 is 0 Å². The zero-order chi connectivity index (χ0) is 17.2. The zero-order valence-electron chi connectivity index (χ0n) is 13.1. The van der Waals surface area contributed by atoms with Gasteiger partial charge >= 0.3 is 10.2 Å². The van der Waals surface area contributed by atoms with Gasteiger partial charge in [0, 0.05) is 18.7 Å². The number of halogens is 1. The molecular formula is C15H18FN3O3S. The van der Waals surface area contributed by atoms with Crippen LogP contribution in [-0.2, 0) is 15.0 Å². The van der Waals surface area contributed by atoms with Crippen LogP contribution in [0.3, 0.4) is 0 Å². The first-order valence-electron chi connectivity index (χ1n) is 7.12. The Morgan fingerprint density at radius 1 is 1.35 bits per heavy atom. The first-order valence-corrected chi connectivity index (χ1v) is 8.51. The minimum Gasteiger partial charge on any atom is -0.348 e.